The van der Waals surface area contributed by atoms with E-state index in [0.717, 1.165) is 11.1 Å². The monoisotopic (exact) mass is 260 g/mol. The Kier molecular flexibility index (Phi) is 2.78. The Balaban J connectivity index is 2.34. The maximum Gasteiger partial charge on any atom is 0.0869 e. The maximum absolute atomic E-state index is 12.5. The fourth-order valence-corrected chi connectivity index (χ4v) is 4.08. The topological polar surface area (TPSA) is 57.5 Å². The van der Waals surface area contributed by atoms with Crippen molar-refractivity contribution in [2.45, 2.75) is 23.0 Å². The number of hydrogen-bond acceptors (Lipinski definition) is 3. The molecule has 0 amide bonds. The molecule has 0 aliphatic carbocycles. The van der Waals surface area contributed by atoms with Crippen LogP contribution in [-0.2, 0) is 24.0 Å². The quantitative estimate of drug-likeness (QED) is 0.739. The molecule has 2 N–H and O–H groups in total. The number of aliphatic hydroxyl groups excluding tert-OH is 2. The Morgan fingerprint density at radius 3 is 1.67 bits per heavy atom. The molecule has 3 nitrogen and oxygen atoms in total. The Labute approximate surface area is 107 Å². The lowest BCUT2D eigenvalue weighted by Gasteiger charge is -2.04. The average molecular weight is 260 g/mol. The van der Waals surface area contributed by atoms with Crippen LogP contribution in [0.3, 0.4) is 0 Å². The van der Waals surface area contributed by atoms with Crippen LogP contribution in [0.15, 0.2) is 46.2 Å². The SMILES string of the molecule is O=S1c2c(CO)cccc2-c2cccc(CO)c21. The van der Waals surface area contributed by atoms with E-state index in [1.807, 2.05) is 24.3 Å². The van der Waals surface area contributed by atoms with Crippen molar-refractivity contribution in [3.8, 4) is 11.1 Å². The van der Waals surface area contributed by atoms with Crippen LogP contribution in [-0.4, -0.2) is 14.4 Å². The van der Waals surface area contributed by atoms with Gasteiger partial charge in [0, 0.05) is 0 Å². The van der Waals surface area contributed by atoms with Crippen molar-refractivity contribution in [3.05, 3.63) is 47.5 Å². The van der Waals surface area contributed by atoms with Crippen LogP contribution in [0.5, 0.6) is 0 Å². The van der Waals surface area contributed by atoms with Crippen LogP contribution in [0.4, 0.5) is 0 Å². The third-order valence-electron chi connectivity index (χ3n) is 3.19. The van der Waals surface area contributed by atoms with Gasteiger partial charge in [-0.1, -0.05) is 36.4 Å². The zero-order valence-corrected chi connectivity index (χ0v) is 10.4. The molecule has 2 aromatic carbocycles. The van der Waals surface area contributed by atoms with Gasteiger partial charge in [0.05, 0.1) is 33.8 Å². The van der Waals surface area contributed by atoms with Gasteiger partial charge < -0.3 is 10.2 Å². The summed E-state index contributed by atoms with van der Waals surface area (Å²) in [7, 11) is -1.32. The third-order valence-corrected chi connectivity index (χ3v) is 4.90. The first-order chi connectivity index (χ1) is 8.77. The van der Waals surface area contributed by atoms with Gasteiger partial charge in [-0.05, 0) is 22.3 Å². The molecular weight excluding hydrogens is 248 g/mol. The van der Waals surface area contributed by atoms with Crippen molar-refractivity contribution < 1.29 is 14.4 Å². The molecule has 0 aromatic heterocycles. The predicted molar refractivity (Wildman–Crippen MR) is 68.4 cm³/mol. The van der Waals surface area contributed by atoms with Gasteiger partial charge in [0.25, 0.3) is 0 Å². The average Bonchev–Trinajstić information content (AvgIpc) is 2.73. The van der Waals surface area contributed by atoms with E-state index in [-0.39, 0.29) is 13.2 Å². The number of rotatable bonds is 2. The predicted octanol–water partition coefficient (Wildman–Crippen LogP) is 1.82. The van der Waals surface area contributed by atoms with Gasteiger partial charge in [-0.3, -0.25) is 0 Å². The molecule has 0 spiro atoms. The van der Waals surface area contributed by atoms with Crippen molar-refractivity contribution in [1.29, 1.82) is 0 Å². The minimum absolute atomic E-state index is 0.128. The molecular formula is C14H12O3S. The molecule has 0 saturated carbocycles. The van der Waals surface area contributed by atoms with Gasteiger partial charge in [0.1, 0.15) is 0 Å². The smallest absolute Gasteiger partial charge is 0.0869 e. The molecule has 4 heteroatoms. The molecule has 1 aliphatic heterocycles. The van der Waals surface area contributed by atoms with Gasteiger partial charge in [-0.2, -0.15) is 0 Å². The van der Waals surface area contributed by atoms with Gasteiger partial charge >= 0.3 is 0 Å². The summed E-state index contributed by atoms with van der Waals surface area (Å²) in [5, 5.41) is 18.7. The second-order valence-electron chi connectivity index (χ2n) is 4.17. The molecule has 3 rings (SSSR count). The normalized spacial score (nSPS) is 13.4. The summed E-state index contributed by atoms with van der Waals surface area (Å²) in [4.78, 5) is 1.35. The highest BCUT2D eigenvalue weighted by molar-refractivity contribution is 7.86. The zero-order valence-electron chi connectivity index (χ0n) is 9.59. The van der Waals surface area contributed by atoms with Crippen molar-refractivity contribution in [2.24, 2.45) is 0 Å². The Bertz CT molecular complexity index is 594. The molecule has 1 aliphatic rings. The number of benzene rings is 2. The number of fused-ring (bicyclic) bond motifs is 3. The fraction of sp³-hybridized carbons (Fsp3) is 0.143. The maximum atomic E-state index is 12.5. The van der Waals surface area contributed by atoms with E-state index < -0.39 is 10.8 Å². The van der Waals surface area contributed by atoms with Crippen LogP contribution in [0.1, 0.15) is 11.1 Å². The summed E-state index contributed by atoms with van der Waals surface area (Å²) in [6.45, 7) is -0.255. The molecule has 0 radical (unpaired) electrons. The summed E-state index contributed by atoms with van der Waals surface area (Å²) in [5.74, 6) is 0. The molecule has 18 heavy (non-hydrogen) atoms. The summed E-state index contributed by atoms with van der Waals surface area (Å²) < 4.78 is 12.5. The summed E-state index contributed by atoms with van der Waals surface area (Å²) >= 11 is 0. The summed E-state index contributed by atoms with van der Waals surface area (Å²) in [6, 6.07) is 11.1. The van der Waals surface area contributed by atoms with Crippen LogP contribution in [0.2, 0.25) is 0 Å². The largest absolute Gasteiger partial charge is 0.392 e. The van der Waals surface area contributed by atoms with Gasteiger partial charge in [0.2, 0.25) is 0 Å². The van der Waals surface area contributed by atoms with Gasteiger partial charge in [-0.15, -0.1) is 0 Å². The lowest BCUT2D eigenvalue weighted by molar-refractivity contribution is 0.278. The van der Waals surface area contributed by atoms with E-state index >= 15 is 0 Å². The highest BCUT2D eigenvalue weighted by atomic mass is 32.2. The van der Waals surface area contributed by atoms with Crippen molar-refractivity contribution in [1.82, 2.24) is 0 Å². The van der Waals surface area contributed by atoms with Crippen LogP contribution < -0.4 is 0 Å². The summed E-state index contributed by atoms with van der Waals surface area (Å²) in [6.07, 6.45) is 0. The van der Waals surface area contributed by atoms with Crippen molar-refractivity contribution in [2.75, 3.05) is 0 Å². The zero-order chi connectivity index (χ0) is 12.7. The third kappa shape index (κ3) is 1.47. The van der Waals surface area contributed by atoms with Crippen LogP contribution in [0, 0.1) is 0 Å². The second kappa shape index (κ2) is 4.31. The molecule has 92 valence electrons. The Hall–Kier alpha value is -1.49. The standard InChI is InChI=1S/C14H12O3S/c15-7-9-3-1-5-11-12-6-2-4-10(8-16)14(12)18(17)13(9)11/h1-6,15-16H,7-8H2. The van der Waals surface area contributed by atoms with Gasteiger partial charge in [0.15, 0.2) is 0 Å². The Morgan fingerprint density at radius 1 is 0.833 bits per heavy atom. The first kappa shape index (κ1) is 11.6. The minimum Gasteiger partial charge on any atom is -0.392 e. The highest BCUT2D eigenvalue weighted by Gasteiger charge is 2.29. The van der Waals surface area contributed by atoms with Crippen LogP contribution >= 0.6 is 0 Å². The van der Waals surface area contributed by atoms with Crippen molar-refractivity contribution in [3.63, 3.8) is 0 Å². The Morgan fingerprint density at radius 2 is 1.28 bits per heavy atom. The molecule has 0 saturated heterocycles. The first-order valence-electron chi connectivity index (χ1n) is 5.65. The molecule has 0 bridgehead atoms. The highest BCUT2D eigenvalue weighted by Crippen LogP contribution is 2.43. The van der Waals surface area contributed by atoms with E-state index in [0.29, 0.717) is 20.9 Å². The minimum atomic E-state index is -1.32. The molecule has 0 atom stereocenters. The van der Waals surface area contributed by atoms with E-state index in [2.05, 4.69) is 0 Å². The van der Waals surface area contributed by atoms with E-state index in [4.69, 9.17) is 0 Å². The summed E-state index contributed by atoms with van der Waals surface area (Å²) in [5.41, 5.74) is 3.16. The van der Waals surface area contributed by atoms with Gasteiger partial charge in [-0.25, -0.2) is 4.21 Å². The number of aliphatic hydroxyl groups is 2. The molecule has 0 unspecified atom stereocenters. The van der Waals surface area contributed by atoms with Crippen molar-refractivity contribution >= 4 is 10.8 Å². The van der Waals surface area contributed by atoms with E-state index in [1.165, 1.54) is 0 Å². The molecule has 1 heterocycles. The molecule has 2 aromatic rings. The first-order valence-corrected chi connectivity index (χ1v) is 6.80. The second-order valence-corrected chi connectivity index (χ2v) is 5.53. The number of hydrogen-bond donors (Lipinski definition) is 2. The van der Waals surface area contributed by atoms with E-state index in [1.54, 1.807) is 12.1 Å². The molecule has 0 fully saturated rings. The van der Waals surface area contributed by atoms with E-state index in [9.17, 15) is 14.4 Å². The lowest BCUT2D eigenvalue weighted by Crippen LogP contribution is -1.97. The lowest BCUT2D eigenvalue weighted by atomic mass is 10.0. The van der Waals surface area contributed by atoms with Crippen LogP contribution in [0.25, 0.3) is 11.1 Å². The fourth-order valence-electron chi connectivity index (χ4n) is 2.38.